The van der Waals surface area contributed by atoms with Crippen LogP contribution in [0, 0.1) is 0 Å². The average Bonchev–Trinajstić information content (AvgIpc) is 2.69. The zero-order chi connectivity index (χ0) is 19.2. The molecule has 27 heavy (non-hydrogen) atoms. The minimum absolute atomic E-state index is 0.0881. The van der Waals surface area contributed by atoms with Gasteiger partial charge in [0.1, 0.15) is 0 Å². The number of ether oxygens (including phenoxy) is 1. The summed E-state index contributed by atoms with van der Waals surface area (Å²) in [6, 6.07) is 15.6. The van der Waals surface area contributed by atoms with Crippen LogP contribution >= 0.6 is 11.6 Å². The summed E-state index contributed by atoms with van der Waals surface area (Å²) in [5.74, 6) is -0.0881. The van der Waals surface area contributed by atoms with Crippen LogP contribution in [0.5, 0.6) is 0 Å². The number of morpholine rings is 1. The van der Waals surface area contributed by atoms with Gasteiger partial charge in [-0.2, -0.15) is 0 Å². The number of hydrogen-bond donors (Lipinski definition) is 1. The number of rotatable bonds is 6. The molecule has 0 saturated carbocycles. The van der Waals surface area contributed by atoms with Gasteiger partial charge in [-0.1, -0.05) is 23.7 Å². The van der Waals surface area contributed by atoms with E-state index in [2.05, 4.69) is 39.4 Å². The van der Waals surface area contributed by atoms with Crippen molar-refractivity contribution in [1.82, 2.24) is 10.2 Å². The maximum absolute atomic E-state index is 12.5. The van der Waals surface area contributed by atoms with Crippen molar-refractivity contribution in [3.8, 4) is 0 Å². The molecular weight excluding hydrogens is 362 g/mol. The van der Waals surface area contributed by atoms with Crippen LogP contribution in [0.2, 0.25) is 5.02 Å². The Morgan fingerprint density at radius 1 is 1.11 bits per heavy atom. The highest BCUT2D eigenvalue weighted by atomic mass is 35.5. The summed E-state index contributed by atoms with van der Waals surface area (Å²) in [6.45, 7) is 3.70. The molecular formula is C21H26ClN3O2. The minimum atomic E-state index is -0.0881. The first-order valence-corrected chi connectivity index (χ1v) is 9.55. The maximum Gasteiger partial charge on any atom is 0.251 e. The van der Waals surface area contributed by atoms with Crippen LogP contribution in [0.1, 0.15) is 22.0 Å². The molecule has 1 saturated heterocycles. The van der Waals surface area contributed by atoms with Crippen molar-refractivity contribution in [2.75, 3.05) is 51.8 Å². The second-order valence-corrected chi connectivity index (χ2v) is 7.30. The fraction of sp³-hybridized carbons (Fsp3) is 0.381. The Morgan fingerprint density at radius 2 is 1.74 bits per heavy atom. The van der Waals surface area contributed by atoms with Gasteiger partial charge in [-0.15, -0.1) is 0 Å². The van der Waals surface area contributed by atoms with Crippen molar-refractivity contribution < 1.29 is 9.53 Å². The summed E-state index contributed by atoms with van der Waals surface area (Å²) in [5.41, 5.74) is 2.96. The predicted molar refractivity (Wildman–Crippen MR) is 110 cm³/mol. The van der Waals surface area contributed by atoms with E-state index in [-0.39, 0.29) is 11.9 Å². The molecule has 6 heteroatoms. The highest BCUT2D eigenvalue weighted by molar-refractivity contribution is 6.30. The van der Waals surface area contributed by atoms with Crippen LogP contribution < -0.4 is 10.2 Å². The SMILES string of the molecule is CN(C)c1ccc([C@H](CNC(=O)c2ccc(Cl)cc2)N2CCOCC2)cc1. The lowest BCUT2D eigenvalue weighted by Crippen LogP contribution is -2.43. The molecule has 0 aromatic heterocycles. The molecule has 2 aromatic carbocycles. The number of anilines is 1. The average molecular weight is 388 g/mol. The number of carbonyl (C=O) groups excluding carboxylic acids is 1. The zero-order valence-electron chi connectivity index (χ0n) is 15.8. The van der Waals surface area contributed by atoms with Crippen molar-refractivity contribution >= 4 is 23.2 Å². The van der Waals surface area contributed by atoms with E-state index in [1.807, 2.05) is 14.1 Å². The lowest BCUT2D eigenvalue weighted by atomic mass is 10.0. The van der Waals surface area contributed by atoms with Crippen LogP contribution in [0.4, 0.5) is 5.69 Å². The van der Waals surface area contributed by atoms with E-state index < -0.39 is 0 Å². The van der Waals surface area contributed by atoms with Gasteiger partial charge in [0.25, 0.3) is 5.91 Å². The second kappa shape index (κ2) is 9.22. The van der Waals surface area contributed by atoms with E-state index in [1.165, 1.54) is 5.56 Å². The molecule has 1 atom stereocenters. The van der Waals surface area contributed by atoms with Crippen LogP contribution in [0.15, 0.2) is 48.5 Å². The number of amides is 1. The molecule has 3 rings (SSSR count). The van der Waals surface area contributed by atoms with Crippen LogP contribution in [-0.2, 0) is 4.74 Å². The summed E-state index contributed by atoms with van der Waals surface area (Å²) in [7, 11) is 4.06. The van der Waals surface area contributed by atoms with Gasteiger partial charge in [-0.25, -0.2) is 0 Å². The van der Waals surface area contributed by atoms with Gasteiger partial charge in [-0.3, -0.25) is 9.69 Å². The molecule has 0 spiro atoms. The molecule has 0 radical (unpaired) electrons. The van der Waals surface area contributed by atoms with Gasteiger partial charge in [0.05, 0.1) is 19.3 Å². The standard InChI is InChI=1S/C21H26ClN3O2/c1-24(2)19-9-5-16(6-10-19)20(25-11-13-27-14-12-25)15-23-21(26)17-3-7-18(22)8-4-17/h3-10,20H,11-15H2,1-2H3,(H,23,26)/t20-/m0/s1. The van der Waals surface area contributed by atoms with E-state index in [1.54, 1.807) is 24.3 Å². The van der Waals surface area contributed by atoms with E-state index in [0.717, 1.165) is 32.0 Å². The lowest BCUT2D eigenvalue weighted by molar-refractivity contribution is 0.0162. The number of nitrogens with one attached hydrogen (secondary N) is 1. The third kappa shape index (κ3) is 5.22. The van der Waals surface area contributed by atoms with Crippen LogP contribution in [0.25, 0.3) is 0 Å². The molecule has 1 heterocycles. The van der Waals surface area contributed by atoms with Crippen molar-refractivity contribution in [3.05, 3.63) is 64.7 Å². The van der Waals surface area contributed by atoms with Crippen molar-refractivity contribution in [2.45, 2.75) is 6.04 Å². The fourth-order valence-electron chi connectivity index (χ4n) is 3.23. The van der Waals surface area contributed by atoms with E-state index >= 15 is 0 Å². The zero-order valence-corrected chi connectivity index (χ0v) is 16.6. The first kappa shape index (κ1) is 19.7. The Balaban J connectivity index is 1.73. The lowest BCUT2D eigenvalue weighted by Gasteiger charge is -2.35. The summed E-state index contributed by atoms with van der Waals surface area (Å²) in [4.78, 5) is 17.0. The highest BCUT2D eigenvalue weighted by Crippen LogP contribution is 2.24. The highest BCUT2D eigenvalue weighted by Gasteiger charge is 2.23. The number of carbonyl (C=O) groups is 1. The van der Waals surface area contributed by atoms with Crippen molar-refractivity contribution in [1.29, 1.82) is 0 Å². The maximum atomic E-state index is 12.5. The third-order valence-electron chi connectivity index (χ3n) is 4.84. The Labute approximate surface area is 165 Å². The molecule has 1 aliphatic rings. The van der Waals surface area contributed by atoms with Gasteiger partial charge >= 0.3 is 0 Å². The normalized spacial score (nSPS) is 16.0. The molecule has 0 unspecified atom stereocenters. The van der Waals surface area contributed by atoms with Crippen molar-refractivity contribution in [3.63, 3.8) is 0 Å². The van der Waals surface area contributed by atoms with Crippen LogP contribution in [0.3, 0.4) is 0 Å². The number of halogens is 1. The number of hydrogen-bond acceptors (Lipinski definition) is 4. The van der Waals surface area contributed by atoms with Gasteiger partial charge < -0.3 is 15.0 Å². The first-order valence-electron chi connectivity index (χ1n) is 9.17. The minimum Gasteiger partial charge on any atom is -0.379 e. The van der Waals surface area contributed by atoms with E-state index in [9.17, 15) is 4.79 Å². The molecule has 144 valence electrons. The topological polar surface area (TPSA) is 44.8 Å². The van der Waals surface area contributed by atoms with E-state index in [0.29, 0.717) is 17.1 Å². The summed E-state index contributed by atoms with van der Waals surface area (Å²) < 4.78 is 5.49. The Morgan fingerprint density at radius 3 is 2.33 bits per heavy atom. The molecule has 1 aliphatic heterocycles. The Bertz CT molecular complexity index is 741. The molecule has 0 bridgehead atoms. The fourth-order valence-corrected chi connectivity index (χ4v) is 3.36. The quantitative estimate of drug-likeness (QED) is 0.826. The first-order chi connectivity index (χ1) is 13.0. The largest absolute Gasteiger partial charge is 0.379 e. The Hall–Kier alpha value is -2.08. The van der Waals surface area contributed by atoms with Gasteiger partial charge in [-0.05, 0) is 42.0 Å². The predicted octanol–water partition coefficient (Wildman–Crippen LogP) is 3.21. The summed E-state index contributed by atoms with van der Waals surface area (Å²) in [5, 5.41) is 3.70. The number of benzene rings is 2. The smallest absolute Gasteiger partial charge is 0.251 e. The van der Waals surface area contributed by atoms with Gasteiger partial charge in [0.2, 0.25) is 0 Å². The van der Waals surface area contributed by atoms with Gasteiger partial charge in [0, 0.05) is 50.0 Å². The molecule has 0 aliphatic carbocycles. The molecule has 1 N–H and O–H groups in total. The summed E-state index contributed by atoms with van der Waals surface area (Å²) in [6.07, 6.45) is 0. The van der Waals surface area contributed by atoms with E-state index in [4.69, 9.17) is 16.3 Å². The molecule has 5 nitrogen and oxygen atoms in total. The second-order valence-electron chi connectivity index (χ2n) is 6.87. The summed E-state index contributed by atoms with van der Waals surface area (Å²) >= 11 is 5.91. The van der Waals surface area contributed by atoms with Crippen molar-refractivity contribution in [2.24, 2.45) is 0 Å². The van der Waals surface area contributed by atoms with Crippen LogP contribution in [-0.4, -0.2) is 57.8 Å². The number of nitrogens with zero attached hydrogens (tertiary/aromatic N) is 2. The molecule has 1 fully saturated rings. The monoisotopic (exact) mass is 387 g/mol. The Kier molecular flexibility index (Phi) is 6.72. The third-order valence-corrected chi connectivity index (χ3v) is 5.10. The molecule has 2 aromatic rings. The van der Waals surface area contributed by atoms with Gasteiger partial charge in [0.15, 0.2) is 0 Å². The molecule has 1 amide bonds.